The van der Waals surface area contributed by atoms with Crippen LogP contribution in [0.15, 0.2) is 18.2 Å². The van der Waals surface area contributed by atoms with Crippen LogP contribution in [0.3, 0.4) is 0 Å². The number of halogens is 3. The molecule has 184 valence electrons. The molecule has 3 fully saturated rings. The first-order valence-electron chi connectivity index (χ1n) is 12.2. The van der Waals surface area contributed by atoms with Gasteiger partial charge in [0.2, 0.25) is 0 Å². The molecule has 0 N–H and O–H groups in total. The zero-order chi connectivity index (χ0) is 23.6. The second kappa shape index (κ2) is 9.72. The molecular formula is C25H36F3N3O2. The molecule has 3 aliphatic rings. The fraction of sp³-hybridized carbons (Fsp3) is 0.720. The Morgan fingerprint density at radius 2 is 1.73 bits per heavy atom. The minimum absolute atomic E-state index is 0.146. The first-order valence-corrected chi connectivity index (χ1v) is 12.2. The Bertz CT molecular complexity index is 831. The Kier molecular flexibility index (Phi) is 7.12. The highest BCUT2D eigenvalue weighted by Crippen LogP contribution is 2.41. The second-order valence-corrected chi connectivity index (χ2v) is 10.2. The number of amides is 1. The number of ether oxygens (including phenoxy) is 1. The van der Waals surface area contributed by atoms with Crippen LogP contribution in [0.25, 0.3) is 0 Å². The van der Waals surface area contributed by atoms with Crippen molar-refractivity contribution in [3.8, 4) is 0 Å². The zero-order valence-corrected chi connectivity index (χ0v) is 19.8. The lowest BCUT2D eigenvalue weighted by molar-refractivity contribution is -0.200. The highest BCUT2D eigenvalue weighted by molar-refractivity contribution is 5.68. The van der Waals surface area contributed by atoms with E-state index in [4.69, 9.17) is 0 Å². The number of rotatable bonds is 4. The van der Waals surface area contributed by atoms with Crippen LogP contribution < -0.4 is 4.90 Å². The maximum absolute atomic E-state index is 12.7. The first-order chi connectivity index (χ1) is 15.7. The molecule has 33 heavy (non-hydrogen) atoms. The third-order valence-corrected chi connectivity index (χ3v) is 7.71. The summed E-state index contributed by atoms with van der Waals surface area (Å²) in [5, 5.41) is 0. The third kappa shape index (κ3) is 5.76. The van der Waals surface area contributed by atoms with Crippen LogP contribution in [-0.2, 0) is 11.3 Å². The van der Waals surface area contributed by atoms with Crippen LogP contribution in [0.4, 0.5) is 23.7 Å². The van der Waals surface area contributed by atoms with Crippen LogP contribution in [0, 0.1) is 12.3 Å². The summed E-state index contributed by atoms with van der Waals surface area (Å²) in [6.45, 7) is 9.16. The van der Waals surface area contributed by atoms with Gasteiger partial charge in [-0.05, 0) is 81.5 Å². The number of benzene rings is 1. The summed E-state index contributed by atoms with van der Waals surface area (Å²) < 4.78 is 42.7. The molecule has 0 bridgehead atoms. The van der Waals surface area contributed by atoms with Gasteiger partial charge in [-0.15, -0.1) is 0 Å². The van der Waals surface area contributed by atoms with Crippen molar-refractivity contribution in [1.82, 2.24) is 9.80 Å². The molecule has 3 heterocycles. The van der Waals surface area contributed by atoms with Crippen molar-refractivity contribution in [3.05, 3.63) is 29.3 Å². The van der Waals surface area contributed by atoms with Gasteiger partial charge in [0.15, 0.2) is 6.10 Å². The molecule has 1 unspecified atom stereocenters. The van der Waals surface area contributed by atoms with Crippen LogP contribution >= 0.6 is 0 Å². The molecule has 1 spiro atoms. The van der Waals surface area contributed by atoms with Crippen molar-refractivity contribution in [2.24, 2.45) is 5.41 Å². The minimum Gasteiger partial charge on any atom is -0.437 e. The fourth-order valence-electron chi connectivity index (χ4n) is 5.51. The number of carbonyl (C=O) groups is 1. The summed E-state index contributed by atoms with van der Waals surface area (Å²) in [5.41, 5.74) is 4.17. The van der Waals surface area contributed by atoms with Crippen molar-refractivity contribution >= 4 is 11.8 Å². The highest BCUT2D eigenvalue weighted by atomic mass is 19.4. The summed E-state index contributed by atoms with van der Waals surface area (Å²) in [5.74, 6) is 0. The van der Waals surface area contributed by atoms with Crippen LogP contribution in [0.2, 0.25) is 0 Å². The molecule has 8 heteroatoms. The van der Waals surface area contributed by atoms with E-state index < -0.39 is 18.4 Å². The number of hydrogen-bond acceptors (Lipinski definition) is 4. The SMILES string of the molecule is Cc1ccc(CN2CCC3(CCN(C(=O)OC(C)C(F)(F)F)CC3)C2)cc1N1CCCCC1. The summed E-state index contributed by atoms with van der Waals surface area (Å²) in [4.78, 5) is 18.6. The van der Waals surface area contributed by atoms with Crippen molar-refractivity contribution in [3.63, 3.8) is 0 Å². The molecule has 0 saturated carbocycles. The molecule has 0 aromatic heterocycles. The minimum atomic E-state index is -4.53. The number of aryl methyl sites for hydroxylation is 1. The summed E-state index contributed by atoms with van der Waals surface area (Å²) in [6, 6.07) is 6.82. The lowest BCUT2D eigenvalue weighted by Gasteiger charge is -2.39. The smallest absolute Gasteiger partial charge is 0.425 e. The molecule has 1 aromatic carbocycles. The van der Waals surface area contributed by atoms with E-state index in [9.17, 15) is 18.0 Å². The van der Waals surface area contributed by atoms with E-state index in [2.05, 4.69) is 39.7 Å². The van der Waals surface area contributed by atoms with Gasteiger partial charge in [-0.3, -0.25) is 4.90 Å². The van der Waals surface area contributed by atoms with E-state index in [1.165, 1.54) is 41.0 Å². The topological polar surface area (TPSA) is 36.0 Å². The van der Waals surface area contributed by atoms with Gasteiger partial charge in [-0.2, -0.15) is 13.2 Å². The summed E-state index contributed by atoms with van der Waals surface area (Å²) in [6.07, 6.45) is -0.918. The number of carbonyl (C=O) groups excluding carboxylic acids is 1. The largest absolute Gasteiger partial charge is 0.437 e. The van der Waals surface area contributed by atoms with E-state index in [0.717, 1.165) is 58.9 Å². The molecule has 3 saturated heterocycles. The molecular weight excluding hydrogens is 431 g/mol. The Labute approximate surface area is 194 Å². The van der Waals surface area contributed by atoms with Gasteiger partial charge < -0.3 is 14.5 Å². The lowest BCUT2D eigenvalue weighted by atomic mass is 9.78. The normalized spacial score (nSPS) is 22.6. The number of likely N-dealkylation sites (tertiary alicyclic amines) is 2. The Morgan fingerprint density at radius 3 is 2.39 bits per heavy atom. The van der Waals surface area contributed by atoms with Crippen molar-refractivity contribution in [2.75, 3.05) is 44.2 Å². The molecule has 4 rings (SSSR count). The first kappa shape index (κ1) is 24.2. The second-order valence-electron chi connectivity index (χ2n) is 10.2. The standard InChI is InChI=1S/C25H36F3N3O2/c1-19-6-7-21(16-22(19)30-11-4-3-5-12-30)17-29-13-8-24(18-29)9-14-31(15-10-24)23(32)33-20(2)25(26,27)28/h6-7,16,20H,3-5,8-15,17-18H2,1-2H3. The number of alkyl halides is 3. The maximum Gasteiger partial charge on any atom is 0.425 e. The maximum atomic E-state index is 12.7. The predicted molar refractivity (Wildman–Crippen MR) is 122 cm³/mol. The third-order valence-electron chi connectivity index (χ3n) is 7.71. The van der Waals surface area contributed by atoms with Gasteiger partial charge in [-0.25, -0.2) is 4.79 Å². The summed E-state index contributed by atoms with van der Waals surface area (Å²) in [7, 11) is 0. The van der Waals surface area contributed by atoms with Gasteiger partial charge in [0.1, 0.15) is 0 Å². The molecule has 1 aromatic rings. The van der Waals surface area contributed by atoms with E-state index in [1.807, 2.05) is 0 Å². The predicted octanol–water partition coefficient (Wildman–Crippen LogP) is 5.36. The summed E-state index contributed by atoms with van der Waals surface area (Å²) >= 11 is 0. The van der Waals surface area contributed by atoms with Gasteiger partial charge in [0.25, 0.3) is 0 Å². The average molecular weight is 468 g/mol. The lowest BCUT2D eigenvalue weighted by Crippen LogP contribution is -2.46. The number of piperidine rings is 2. The van der Waals surface area contributed by atoms with Crippen molar-refractivity contribution in [1.29, 1.82) is 0 Å². The van der Waals surface area contributed by atoms with Gasteiger partial charge in [0.05, 0.1) is 0 Å². The number of nitrogens with zero attached hydrogens (tertiary/aromatic N) is 3. The van der Waals surface area contributed by atoms with E-state index in [1.54, 1.807) is 0 Å². The molecule has 0 radical (unpaired) electrons. The van der Waals surface area contributed by atoms with Crippen molar-refractivity contribution in [2.45, 2.75) is 71.2 Å². The molecule has 1 amide bonds. The Balaban J connectivity index is 1.30. The number of anilines is 1. The highest BCUT2D eigenvalue weighted by Gasteiger charge is 2.43. The average Bonchev–Trinajstić information content (AvgIpc) is 3.17. The monoisotopic (exact) mass is 467 g/mol. The Morgan fingerprint density at radius 1 is 1.06 bits per heavy atom. The molecule has 0 aliphatic carbocycles. The van der Waals surface area contributed by atoms with Crippen LogP contribution in [-0.4, -0.2) is 67.4 Å². The van der Waals surface area contributed by atoms with Gasteiger partial charge in [0, 0.05) is 45.0 Å². The van der Waals surface area contributed by atoms with Crippen molar-refractivity contribution < 1.29 is 22.7 Å². The van der Waals surface area contributed by atoms with Gasteiger partial charge >= 0.3 is 12.3 Å². The quantitative estimate of drug-likeness (QED) is 0.597. The van der Waals surface area contributed by atoms with E-state index >= 15 is 0 Å². The van der Waals surface area contributed by atoms with Gasteiger partial charge in [-0.1, -0.05) is 12.1 Å². The van der Waals surface area contributed by atoms with Crippen LogP contribution in [0.1, 0.15) is 56.6 Å². The Hall–Kier alpha value is -1.96. The molecule has 5 nitrogen and oxygen atoms in total. The van der Waals surface area contributed by atoms with E-state index in [0.29, 0.717) is 13.1 Å². The number of hydrogen-bond donors (Lipinski definition) is 0. The van der Waals surface area contributed by atoms with Crippen LogP contribution in [0.5, 0.6) is 0 Å². The molecule has 1 atom stereocenters. The molecule has 3 aliphatic heterocycles. The zero-order valence-electron chi connectivity index (χ0n) is 19.8. The van der Waals surface area contributed by atoms with E-state index in [-0.39, 0.29) is 5.41 Å². The fourth-order valence-corrected chi connectivity index (χ4v) is 5.51.